The summed E-state index contributed by atoms with van der Waals surface area (Å²) < 4.78 is 0. The van der Waals surface area contributed by atoms with Crippen LogP contribution in [0.15, 0.2) is 42.5 Å². The van der Waals surface area contributed by atoms with E-state index < -0.39 is 0 Å². The van der Waals surface area contributed by atoms with Gasteiger partial charge in [0, 0.05) is 5.69 Å². The number of halogens is 3. The molecule has 2 N–H and O–H groups in total. The number of amides is 2. The Hall–Kier alpha value is -1.40. The highest BCUT2D eigenvalue weighted by atomic mass is 35.5. The molecule has 0 fully saturated rings. The van der Waals surface area contributed by atoms with Crippen LogP contribution in [0.5, 0.6) is 0 Å². The van der Waals surface area contributed by atoms with E-state index in [-0.39, 0.29) is 23.3 Å². The Balaban J connectivity index is 1.75. The predicted octanol–water partition coefficient (Wildman–Crippen LogP) is 4.96. The number of thioether (sulfide) groups is 1. The predicted molar refractivity (Wildman–Crippen MR) is 102 cm³/mol. The molecule has 2 aromatic carbocycles. The van der Waals surface area contributed by atoms with Crippen LogP contribution in [0, 0.1) is 0 Å². The van der Waals surface area contributed by atoms with Crippen molar-refractivity contribution in [2.75, 3.05) is 22.1 Å². The molecule has 0 aliphatic rings. The summed E-state index contributed by atoms with van der Waals surface area (Å²) in [4.78, 5) is 23.7. The number of benzene rings is 2. The number of anilines is 2. The van der Waals surface area contributed by atoms with Gasteiger partial charge in [-0.05, 0) is 30.3 Å². The quantitative estimate of drug-likeness (QED) is 0.717. The van der Waals surface area contributed by atoms with Crippen LogP contribution in [-0.2, 0) is 9.59 Å². The Labute approximate surface area is 158 Å². The zero-order chi connectivity index (χ0) is 17.5. The SMILES string of the molecule is O=C(CSCC(=O)Nc1ccccc1Cl)Nc1ccc(Cl)c(Cl)c1. The van der Waals surface area contributed by atoms with Crippen molar-refractivity contribution in [3.8, 4) is 0 Å². The van der Waals surface area contributed by atoms with Gasteiger partial charge in [0.25, 0.3) is 0 Å². The molecule has 0 spiro atoms. The zero-order valence-electron chi connectivity index (χ0n) is 12.3. The third kappa shape index (κ3) is 5.91. The van der Waals surface area contributed by atoms with E-state index in [1.807, 2.05) is 0 Å². The highest BCUT2D eigenvalue weighted by Crippen LogP contribution is 2.25. The van der Waals surface area contributed by atoms with Gasteiger partial charge in [-0.25, -0.2) is 0 Å². The van der Waals surface area contributed by atoms with Gasteiger partial charge in [-0.3, -0.25) is 9.59 Å². The molecule has 0 bridgehead atoms. The number of nitrogens with one attached hydrogen (secondary N) is 2. The smallest absolute Gasteiger partial charge is 0.234 e. The first-order valence-corrected chi connectivity index (χ1v) is 9.11. The molecule has 0 atom stereocenters. The van der Waals surface area contributed by atoms with E-state index in [9.17, 15) is 9.59 Å². The Kier molecular flexibility index (Phi) is 7.24. The first-order valence-electron chi connectivity index (χ1n) is 6.83. The second kappa shape index (κ2) is 9.18. The van der Waals surface area contributed by atoms with Crippen molar-refractivity contribution in [1.29, 1.82) is 0 Å². The average Bonchev–Trinajstić information content (AvgIpc) is 2.53. The maximum absolute atomic E-state index is 11.8. The fourth-order valence-corrected chi connectivity index (χ4v) is 2.85. The lowest BCUT2D eigenvalue weighted by atomic mass is 10.3. The Morgan fingerprint density at radius 3 is 2.17 bits per heavy atom. The second-order valence-electron chi connectivity index (χ2n) is 4.70. The van der Waals surface area contributed by atoms with E-state index >= 15 is 0 Å². The van der Waals surface area contributed by atoms with Gasteiger partial charge in [-0.15, -0.1) is 11.8 Å². The van der Waals surface area contributed by atoms with Crippen molar-refractivity contribution in [2.45, 2.75) is 0 Å². The van der Waals surface area contributed by atoms with Gasteiger partial charge in [0.05, 0.1) is 32.3 Å². The Morgan fingerprint density at radius 1 is 0.833 bits per heavy atom. The van der Waals surface area contributed by atoms with Crippen LogP contribution >= 0.6 is 46.6 Å². The van der Waals surface area contributed by atoms with Crippen LogP contribution in [0.1, 0.15) is 0 Å². The number of hydrogen-bond acceptors (Lipinski definition) is 3. The monoisotopic (exact) mass is 402 g/mol. The number of rotatable bonds is 6. The number of hydrogen-bond donors (Lipinski definition) is 2. The molecule has 0 aliphatic carbocycles. The Morgan fingerprint density at radius 2 is 1.50 bits per heavy atom. The molecular formula is C16H13Cl3N2O2S. The number of para-hydroxylation sites is 1. The molecule has 2 aromatic rings. The molecule has 126 valence electrons. The number of carbonyl (C=O) groups excluding carboxylic acids is 2. The first-order chi connectivity index (χ1) is 11.5. The number of carbonyl (C=O) groups is 2. The second-order valence-corrected chi connectivity index (χ2v) is 6.91. The minimum absolute atomic E-state index is 0.135. The third-order valence-corrected chi connectivity index (χ3v) is 4.82. The summed E-state index contributed by atoms with van der Waals surface area (Å²) in [6.45, 7) is 0. The van der Waals surface area contributed by atoms with Crippen LogP contribution in [0.4, 0.5) is 11.4 Å². The molecule has 0 aromatic heterocycles. The fourth-order valence-electron chi connectivity index (χ4n) is 1.76. The van der Waals surface area contributed by atoms with Gasteiger partial charge in [-0.2, -0.15) is 0 Å². The minimum Gasteiger partial charge on any atom is -0.325 e. The molecule has 2 rings (SSSR count). The normalized spacial score (nSPS) is 10.3. The van der Waals surface area contributed by atoms with Gasteiger partial charge >= 0.3 is 0 Å². The topological polar surface area (TPSA) is 58.2 Å². The molecule has 0 saturated carbocycles. The maximum Gasteiger partial charge on any atom is 0.234 e. The molecule has 24 heavy (non-hydrogen) atoms. The highest BCUT2D eigenvalue weighted by molar-refractivity contribution is 8.00. The van der Waals surface area contributed by atoms with Crippen molar-refractivity contribution in [1.82, 2.24) is 0 Å². The summed E-state index contributed by atoms with van der Waals surface area (Å²) in [6.07, 6.45) is 0. The average molecular weight is 404 g/mol. The standard InChI is InChI=1S/C16H13Cl3N2O2S/c17-11-6-5-10(7-13(11)19)20-15(22)8-24-9-16(23)21-14-4-2-1-3-12(14)18/h1-7H,8-9H2,(H,20,22)(H,21,23). The third-order valence-electron chi connectivity index (χ3n) is 2.82. The van der Waals surface area contributed by atoms with Crippen molar-refractivity contribution in [3.05, 3.63) is 57.5 Å². The summed E-state index contributed by atoms with van der Waals surface area (Å²) in [7, 11) is 0. The van der Waals surface area contributed by atoms with E-state index in [1.54, 1.807) is 42.5 Å². The largest absolute Gasteiger partial charge is 0.325 e. The maximum atomic E-state index is 11.8. The summed E-state index contributed by atoms with van der Waals surface area (Å²) in [5, 5.41) is 6.62. The molecule has 0 unspecified atom stereocenters. The van der Waals surface area contributed by atoms with E-state index in [0.29, 0.717) is 26.4 Å². The molecule has 0 radical (unpaired) electrons. The van der Waals surface area contributed by atoms with Gasteiger partial charge in [0.1, 0.15) is 0 Å². The summed E-state index contributed by atoms with van der Waals surface area (Å²) in [6, 6.07) is 11.8. The van der Waals surface area contributed by atoms with Crippen molar-refractivity contribution < 1.29 is 9.59 Å². The molecule has 4 nitrogen and oxygen atoms in total. The highest BCUT2D eigenvalue weighted by Gasteiger charge is 2.08. The van der Waals surface area contributed by atoms with Crippen molar-refractivity contribution in [3.63, 3.8) is 0 Å². The van der Waals surface area contributed by atoms with Gasteiger partial charge in [-0.1, -0.05) is 46.9 Å². The van der Waals surface area contributed by atoms with Crippen LogP contribution in [0.25, 0.3) is 0 Å². The molecular weight excluding hydrogens is 391 g/mol. The van der Waals surface area contributed by atoms with Gasteiger partial charge < -0.3 is 10.6 Å². The fraction of sp³-hybridized carbons (Fsp3) is 0.125. The molecule has 2 amide bonds. The molecule has 0 heterocycles. The van der Waals surface area contributed by atoms with Crippen LogP contribution in [-0.4, -0.2) is 23.3 Å². The molecule has 0 saturated heterocycles. The zero-order valence-corrected chi connectivity index (χ0v) is 15.4. The van der Waals surface area contributed by atoms with Crippen LogP contribution < -0.4 is 10.6 Å². The van der Waals surface area contributed by atoms with Crippen LogP contribution in [0.3, 0.4) is 0 Å². The van der Waals surface area contributed by atoms with E-state index in [2.05, 4.69) is 10.6 Å². The van der Waals surface area contributed by atoms with Gasteiger partial charge in [0.2, 0.25) is 11.8 Å². The van der Waals surface area contributed by atoms with E-state index in [4.69, 9.17) is 34.8 Å². The lowest BCUT2D eigenvalue weighted by Crippen LogP contribution is -2.18. The Bertz CT molecular complexity index is 756. The summed E-state index contributed by atoms with van der Waals surface area (Å²) in [5.74, 6) is -0.185. The van der Waals surface area contributed by atoms with Crippen LogP contribution in [0.2, 0.25) is 15.1 Å². The summed E-state index contributed by atoms with van der Waals surface area (Å²) in [5.41, 5.74) is 1.10. The molecule has 0 aliphatic heterocycles. The lowest BCUT2D eigenvalue weighted by Gasteiger charge is -2.08. The van der Waals surface area contributed by atoms with Crippen molar-refractivity contribution in [2.24, 2.45) is 0 Å². The minimum atomic E-state index is -0.232. The summed E-state index contributed by atoms with van der Waals surface area (Å²) >= 11 is 18.8. The van der Waals surface area contributed by atoms with Crippen molar-refractivity contribution >= 4 is 69.8 Å². The van der Waals surface area contributed by atoms with E-state index in [1.165, 1.54) is 11.8 Å². The first kappa shape index (κ1) is 18.9. The molecule has 8 heteroatoms. The van der Waals surface area contributed by atoms with Gasteiger partial charge in [0.15, 0.2) is 0 Å². The van der Waals surface area contributed by atoms with E-state index in [0.717, 1.165) is 0 Å². The lowest BCUT2D eigenvalue weighted by molar-refractivity contribution is -0.114.